The molecule has 0 aliphatic rings. The number of aromatic nitrogens is 1. The SMILES string of the molecule is CCc1ccccn1.O=C(O)/C=C\C(=O)O. The Morgan fingerprint density at radius 3 is 2.06 bits per heavy atom. The van der Waals surface area contributed by atoms with Gasteiger partial charge in [0.1, 0.15) is 0 Å². The van der Waals surface area contributed by atoms with E-state index < -0.39 is 11.9 Å². The Balaban J connectivity index is 0.000000281. The fourth-order valence-corrected chi connectivity index (χ4v) is 0.750. The van der Waals surface area contributed by atoms with E-state index in [1.54, 1.807) is 0 Å². The minimum atomic E-state index is -1.26. The monoisotopic (exact) mass is 223 g/mol. The minimum absolute atomic E-state index is 0.558. The van der Waals surface area contributed by atoms with Crippen molar-refractivity contribution in [1.82, 2.24) is 4.98 Å². The quantitative estimate of drug-likeness (QED) is 0.755. The molecule has 86 valence electrons. The van der Waals surface area contributed by atoms with Crippen molar-refractivity contribution >= 4 is 11.9 Å². The molecule has 0 saturated carbocycles. The predicted octanol–water partition coefficient (Wildman–Crippen LogP) is 1.36. The second-order valence-electron chi connectivity index (χ2n) is 2.68. The maximum atomic E-state index is 9.55. The Morgan fingerprint density at radius 2 is 1.81 bits per heavy atom. The van der Waals surface area contributed by atoms with Gasteiger partial charge < -0.3 is 10.2 Å². The zero-order chi connectivity index (χ0) is 12.4. The Labute approximate surface area is 93.1 Å². The summed E-state index contributed by atoms with van der Waals surface area (Å²) in [6, 6.07) is 5.96. The second-order valence-corrected chi connectivity index (χ2v) is 2.68. The van der Waals surface area contributed by atoms with Crippen LogP contribution in [-0.2, 0) is 16.0 Å². The molecular weight excluding hydrogens is 210 g/mol. The van der Waals surface area contributed by atoms with Crippen LogP contribution in [0.2, 0.25) is 0 Å². The van der Waals surface area contributed by atoms with Crippen LogP contribution in [0.5, 0.6) is 0 Å². The molecule has 0 amide bonds. The molecule has 0 spiro atoms. The normalized spacial score (nSPS) is 9.31. The standard InChI is InChI=1S/C7H9N.C4H4O4/c1-2-7-5-3-4-6-8-7;5-3(6)1-2-4(7)8/h3-6H,2H2,1H3;1-2H,(H,5,6)(H,7,8)/b;2-1-. The summed E-state index contributed by atoms with van der Waals surface area (Å²) in [7, 11) is 0. The van der Waals surface area contributed by atoms with E-state index in [1.807, 2.05) is 24.4 Å². The summed E-state index contributed by atoms with van der Waals surface area (Å²) >= 11 is 0. The fourth-order valence-electron chi connectivity index (χ4n) is 0.750. The van der Waals surface area contributed by atoms with Crippen LogP contribution in [0.15, 0.2) is 36.5 Å². The molecular formula is C11H13NO4. The van der Waals surface area contributed by atoms with Crippen LogP contribution in [0, 0.1) is 0 Å². The maximum Gasteiger partial charge on any atom is 0.328 e. The number of carboxylic acids is 2. The lowest BCUT2D eigenvalue weighted by Crippen LogP contribution is -1.91. The van der Waals surface area contributed by atoms with E-state index in [1.165, 1.54) is 0 Å². The molecule has 1 heterocycles. The van der Waals surface area contributed by atoms with Gasteiger partial charge in [0, 0.05) is 24.0 Å². The maximum absolute atomic E-state index is 9.55. The molecule has 0 radical (unpaired) electrons. The van der Waals surface area contributed by atoms with Gasteiger partial charge >= 0.3 is 11.9 Å². The molecule has 0 fully saturated rings. The van der Waals surface area contributed by atoms with Crippen LogP contribution in [0.4, 0.5) is 0 Å². The van der Waals surface area contributed by atoms with Gasteiger partial charge in [-0.1, -0.05) is 13.0 Å². The third-order valence-electron chi connectivity index (χ3n) is 1.46. The van der Waals surface area contributed by atoms with Gasteiger partial charge in [-0.3, -0.25) is 4.98 Å². The zero-order valence-electron chi connectivity index (χ0n) is 8.83. The zero-order valence-corrected chi connectivity index (χ0v) is 8.83. The van der Waals surface area contributed by atoms with E-state index in [-0.39, 0.29) is 0 Å². The summed E-state index contributed by atoms with van der Waals surface area (Å²) in [5.74, 6) is -2.51. The first-order valence-corrected chi connectivity index (χ1v) is 4.60. The molecule has 1 rings (SSSR count). The van der Waals surface area contributed by atoms with Crippen molar-refractivity contribution in [2.75, 3.05) is 0 Å². The van der Waals surface area contributed by atoms with E-state index in [2.05, 4.69) is 11.9 Å². The molecule has 0 aromatic carbocycles. The highest BCUT2D eigenvalue weighted by molar-refractivity contribution is 5.89. The van der Waals surface area contributed by atoms with Crippen LogP contribution >= 0.6 is 0 Å². The molecule has 0 unspecified atom stereocenters. The van der Waals surface area contributed by atoms with Gasteiger partial charge in [-0.05, 0) is 18.6 Å². The molecule has 0 atom stereocenters. The second kappa shape index (κ2) is 8.16. The van der Waals surface area contributed by atoms with Gasteiger partial charge in [0.05, 0.1) is 0 Å². The number of carbonyl (C=O) groups is 2. The lowest BCUT2D eigenvalue weighted by molar-refractivity contribution is -0.134. The summed E-state index contributed by atoms with van der Waals surface area (Å²) in [4.78, 5) is 23.2. The summed E-state index contributed by atoms with van der Waals surface area (Å²) in [5.41, 5.74) is 1.16. The predicted molar refractivity (Wildman–Crippen MR) is 58.0 cm³/mol. The van der Waals surface area contributed by atoms with E-state index in [0.717, 1.165) is 12.1 Å². The van der Waals surface area contributed by atoms with Gasteiger partial charge in [0.25, 0.3) is 0 Å². The Morgan fingerprint density at radius 1 is 1.25 bits per heavy atom. The average molecular weight is 223 g/mol. The average Bonchev–Trinajstić information content (AvgIpc) is 2.28. The molecule has 16 heavy (non-hydrogen) atoms. The van der Waals surface area contributed by atoms with Crippen molar-refractivity contribution in [3.8, 4) is 0 Å². The lowest BCUT2D eigenvalue weighted by atomic mass is 10.3. The third-order valence-corrected chi connectivity index (χ3v) is 1.46. The van der Waals surface area contributed by atoms with Crippen LogP contribution in [0.1, 0.15) is 12.6 Å². The number of pyridine rings is 1. The number of aryl methyl sites for hydroxylation is 1. The van der Waals surface area contributed by atoms with E-state index in [9.17, 15) is 9.59 Å². The van der Waals surface area contributed by atoms with Gasteiger partial charge in [-0.25, -0.2) is 9.59 Å². The summed E-state index contributed by atoms with van der Waals surface area (Å²) in [6.45, 7) is 2.10. The van der Waals surface area contributed by atoms with Gasteiger partial charge in [0.2, 0.25) is 0 Å². The number of nitrogens with zero attached hydrogens (tertiary/aromatic N) is 1. The van der Waals surface area contributed by atoms with Crippen LogP contribution in [-0.4, -0.2) is 27.1 Å². The summed E-state index contributed by atoms with van der Waals surface area (Å²) < 4.78 is 0. The smallest absolute Gasteiger partial charge is 0.328 e. The van der Waals surface area contributed by atoms with E-state index in [0.29, 0.717) is 12.2 Å². The highest BCUT2D eigenvalue weighted by Gasteiger charge is 1.88. The number of hydrogen-bond acceptors (Lipinski definition) is 3. The number of carboxylic acid groups (broad SMARTS) is 2. The lowest BCUT2D eigenvalue weighted by Gasteiger charge is -1.88. The van der Waals surface area contributed by atoms with E-state index in [4.69, 9.17) is 10.2 Å². The number of hydrogen-bond donors (Lipinski definition) is 2. The van der Waals surface area contributed by atoms with Crippen LogP contribution < -0.4 is 0 Å². The Bertz CT molecular complexity index is 344. The van der Waals surface area contributed by atoms with Gasteiger partial charge in [0.15, 0.2) is 0 Å². The van der Waals surface area contributed by atoms with E-state index >= 15 is 0 Å². The molecule has 0 bridgehead atoms. The molecule has 5 nitrogen and oxygen atoms in total. The van der Waals surface area contributed by atoms with Crippen molar-refractivity contribution in [1.29, 1.82) is 0 Å². The van der Waals surface area contributed by atoms with Crippen molar-refractivity contribution in [3.63, 3.8) is 0 Å². The highest BCUT2D eigenvalue weighted by Crippen LogP contribution is 1.91. The molecule has 5 heteroatoms. The topological polar surface area (TPSA) is 87.5 Å². The van der Waals surface area contributed by atoms with Crippen LogP contribution in [0.25, 0.3) is 0 Å². The number of rotatable bonds is 3. The van der Waals surface area contributed by atoms with Crippen LogP contribution in [0.3, 0.4) is 0 Å². The summed E-state index contributed by atoms with van der Waals surface area (Å²) in [5, 5.41) is 15.6. The first-order valence-electron chi connectivity index (χ1n) is 4.60. The van der Waals surface area contributed by atoms with Crippen molar-refractivity contribution in [2.24, 2.45) is 0 Å². The molecule has 0 aliphatic heterocycles. The summed E-state index contributed by atoms with van der Waals surface area (Å²) in [6.07, 6.45) is 3.96. The van der Waals surface area contributed by atoms with Gasteiger partial charge in [-0.2, -0.15) is 0 Å². The van der Waals surface area contributed by atoms with Crippen molar-refractivity contribution in [2.45, 2.75) is 13.3 Å². The Hall–Kier alpha value is -2.17. The number of aliphatic carboxylic acids is 2. The van der Waals surface area contributed by atoms with Crippen molar-refractivity contribution in [3.05, 3.63) is 42.2 Å². The largest absolute Gasteiger partial charge is 0.478 e. The minimum Gasteiger partial charge on any atom is -0.478 e. The molecule has 0 aliphatic carbocycles. The van der Waals surface area contributed by atoms with Gasteiger partial charge in [-0.15, -0.1) is 0 Å². The highest BCUT2D eigenvalue weighted by atomic mass is 16.4. The molecule has 2 N–H and O–H groups in total. The molecule has 1 aromatic rings. The molecule has 1 aromatic heterocycles. The van der Waals surface area contributed by atoms with Crippen molar-refractivity contribution < 1.29 is 19.8 Å². The fraction of sp³-hybridized carbons (Fsp3) is 0.182. The molecule has 0 saturated heterocycles. The third kappa shape index (κ3) is 8.43. The Kier molecular flexibility index (Phi) is 7.06. The first-order chi connectivity index (χ1) is 7.56. The first kappa shape index (κ1) is 13.8.